The van der Waals surface area contributed by atoms with Gasteiger partial charge in [0.15, 0.2) is 0 Å². The number of carbonyl (C=O) groups excluding carboxylic acids is 3. The number of fused-ring (bicyclic) bond motifs is 1. The highest BCUT2D eigenvalue weighted by Crippen LogP contribution is 2.40. The van der Waals surface area contributed by atoms with Crippen LogP contribution >= 0.6 is 0 Å². The zero-order valence-electron chi connectivity index (χ0n) is 11.1. The first-order chi connectivity index (χ1) is 9.88. The number of carboxylic acids is 1. The number of ketones is 1. The lowest BCUT2D eigenvalue weighted by Crippen LogP contribution is -2.23. The first-order valence-corrected chi connectivity index (χ1v) is 6.32. The molecule has 1 atom stereocenters. The smallest absolute Gasteiger partial charge is 0.346 e. The Labute approximate surface area is 119 Å². The molecule has 0 aromatic rings. The summed E-state index contributed by atoms with van der Waals surface area (Å²) in [5, 5.41) is 9.19. The lowest BCUT2D eigenvalue weighted by molar-refractivity contribution is -0.151. The molecule has 0 radical (unpaired) electrons. The summed E-state index contributed by atoms with van der Waals surface area (Å²) in [5.41, 5.74) is 4.22. The van der Waals surface area contributed by atoms with Gasteiger partial charge in [-0.25, -0.2) is 14.4 Å². The molecule has 106 valence electrons. The number of allylic oxidation sites excluding steroid dienone is 1. The maximum absolute atomic E-state index is 11.6. The fourth-order valence-electron chi connectivity index (χ4n) is 2.73. The Kier molecular flexibility index (Phi) is 2.78. The average Bonchev–Trinajstić information content (AvgIpc) is 2.69. The second-order valence-electron chi connectivity index (χ2n) is 5.11. The summed E-state index contributed by atoms with van der Waals surface area (Å²) in [4.78, 5) is 45.9. The molecule has 0 spiro atoms. The van der Waals surface area contributed by atoms with Crippen LogP contribution in [0.4, 0.5) is 0 Å². The molecular weight excluding hydrogens is 276 g/mol. The minimum atomic E-state index is -1.20. The van der Waals surface area contributed by atoms with E-state index < -0.39 is 23.8 Å². The van der Waals surface area contributed by atoms with E-state index in [9.17, 15) is 24.3 Å². The fourth-order valence-corrected chi connectivity index (χ4v) is 2.73. The molecule has 0 amide bonds. The van der Waals surface area contributed by atoms with Gasteiger partial charge >= 0.3 is 17.9 Å². The lowest BCUT2D eigenvalue weighted by atomic mass is 9.77. The van der Waals surface area contributed by atoms with Crippen molar-refractivity contribution in [3.05, 3.63) is 39.7 Å². The Hall–Kier alpha value is -2.72. The molecule has 0 aromatic carbocycles. The fraction of sp³-hybridized carbons (Fsp3) is 0.267. The molecule has 6 nitrogen and oxygen atoms in total. The van der Waals surface area contributed by atoms with Gasteiger partial charge in [0.05, 0.1) is 22.6 Å². The topological polar surface area (TPSA) is 97.7 Å². The van der Waals surface area contributed by atoms with Gasteiger partial charge in [-0.2, -0.15) is 0 Å². The molecule has 3 aliphatic rings. The Balaban J connectivity index is 2.15. The highest BCUT2D eigenvalue weighted by molar-refractivity contribution is 6.15. The second kappa shape index (κ2) is 4.40. The first kappa shape index (κ1) is 13.3. The van der Waals surface area contributed by atoms with Crippen LogP contribution in [0.1, 0.15) is 19.8 Å². The van der Waals surface area contributed by atoms with Gasteiger partial charge in [0.2, 0.25) is 0 Å². The van der Waals surface area contributed by atoms with Crippen molar-refractivity contribution in [1.29, 1.82) is 0 Å². The van der Waals surface area contributed by atoms with Crippen molar-refractivity contribution in [2.24, 2.45) is 5.92 Å². The van der Waals surface area contributed by atoms with Crippen molar-refractivity contribution in [2.75, 3.05) is 0 Å². The van der Waals surface area contributed by atoms with Crippen molar-refractivity contribution >= 4 is 23.7 Å². The van der Waals surface area contributed by atoms with Crippen LogP contribution in [0.15, 0.2) is 39.7 Å². The molecule has 0 saturated carbocycles. The van der Waals surface area contributed by atoms with Crippen LogP contribution in [-0.2, 0) is 23.9 Å². The van der Waals surface area contributed by atoms with Gasteiger partial charge in [-0.1, -0.05) is 0 Å². The van der Waals surface area contributed by atoms with Crippen LogP contribution in [0.5, 0.6) is 0 Å². The van der Waals surface area contributed by atoms with E-state index in [0.717, 1.165) is 0 Å². The Morgan fingerprint density at radius 1 is 1.33 bits per heavy atom. The number of ether oxygens (including phenoxy) is 1. The monoisotopic (exact) mass is 286 g/mol. The van der Waals surface area contributed by atoms with Crippen LogP contribution in [0.3, 0.4) is 0 Å². The molecule has 1 N–H and O–H groups in total. The van der Waals surface area contributed by atoms with Crippen LogP contribution in [0.25, 0.3) is 0 Å². The maximum Gasteiger partial charge on any atom is 0.346 e. The van der Waals surface area contributed by atoms with E-state index in [0.29, 0.717) is 11.1 Å². The molecule has 1 heterocycles. The first-order valence-electron chi connectivity index (χ1n) is 6.32. The SMILES string of the molecule is CC(=O)C1CC2=CC3=C(CC2=C=C1C(=O)O)C(=O)OC3=O. The summed E-state index contributed by atoms with van der Waals surface area (Å²) < 4.78 is 4.54. The van der Waals surface area contributed by atoms with E-state index in [1.54, 1.807) is 0 Å². The summed E-state index contributed by atoms with van der Waals surface area (Å²) in [5.74, 6) is -3.66. The third-order valence-corrected chi connectivity index (χ3v) is 3.82. The Morgan fingerprint density at radius 3 is 2.67 bits per heavy atom. The van der Waals surface area contributed by atoms with Crippen LogP contribution in [0, 0.1) is 5.92 Å². The molecule has 21 heavy (non-hydrogen) atoms. The summed E-state index contributed by atoms with van der Waals surface area (Å²) in [6.07, 6.45) is 1.80. The highest BCUT2D eigenvalue weighted by Gasteiger charge is 2.38. The summed E-state index contributed by atoms with van der Waals surface area (Å²) in [7, 11) is 0. The summed E-state index contributed by atoms with van der Waals surface area (Å²) >= 11 is 0. The molecular formula is C15H10O6. The van der Waals surface area contributed by atoms with Crippen LogP contribution < -0.4 is 0 Å². The van der Waals surface area contributed by atoms with Crippen molar-refractivity contribution in [3.63, 3.8) is 0 Å². The number of rotatable bonds is 2. The number of cyclic esters (lactones) is 2. The number of esters is 2. The van der Waals surface area contributed by atoms with Gasteiger partial charge in [0.25, 0.3) is 0 Å². The van der Waals surface area contributed by atoms with E-state index in [2.05, 4.69) is 10.5 Å². The summed E-state index contributed by atoms with van der Waals surface area (Å²) in [6.45, 7) is 1.32. The third kappa shape index (κ3) is 1.97. The molecule has 1 unspecified atom stereocenters. The minimum absolute atomic E-state index is 0.101. The largest absolute Gasteiger partial charge is 0.477 e. The molecule has 6 heteroatoms. The average molecular weight is 286 g/mol. The van der Waals surface area contributed by atoms with E-state index in [1.165, 1.54) is 13.0 Å². The normalized spacial score (nSPS) is 23.7. The Bertz CT molecular complexity index is 755. The van der Waals surface area contributed by atoms with E-state index in [-0.39, 0.29) is 35.3 Å². The predicted octanol–water partition coefficient (Wildman–Crippen LogP) is 0.842. The maximum atomic E-state index is 11.6. The molecule has 0 fully saturated rings. The van der Waals surface area contributed by atoms with E-state index in [1.807, 2.05) is 0 Å². The number of aliphatic carboxylic acids is 1. The molecule has 0 saturated heterocycles. The van der Waals surface area contributed by atoms with Crippen molar-refractivity contribution in [1.82, 2.24) is 0 Å². The zero-order chi connectivity index (χ0) is 15.3. The van der Waals surface area contributed by atoms with Crippen molar-refractivity contribution in [2.45, 2.75) is 19.8 Å². The number of carboxylic acid groups (broad SMARTS) is 1. The number of Topliss-reactive ketones (excluding diaryl/α,β-unsaturated/α-hetero) is 1. The number of hydrogen-bond acceptors (Lipinski definition) is 5. The number of carbonyl (C=O) groups is 4. The number of hydrogen-bond donors (Lipinski definition) is 1. The van der Waals surface area contributed by atoms with Gasteiger partial charge in [0.1, 0.15) is 5.78 Å². The molecule has 0 bridgehead atoms. The third-order valence-electron chi connectivity index (χ3n) is 3.82. The standard InChI is InChI=1S/C15H10O6/c1-6(16)9-2-7-4-11-12(15(20)21-14(11)19)5-8(7)3-10(9)13(17)18/h4,9H,2,5H2,1H3,(H,17,18). The zero-order valence-corrected chi connectivity index (χ0v) is 11.1. The highest BCUT2D eigenvalue weighted by atomic mass is 16.6. The molecule has 1 aliphatic heterocycles. The van der Waals surface area contributed by atoms with Gasteiger partial charge < -0.3 is 9.84 Å². The quantitative estimate of drug-likeness (QED) is 0.459. The lowest BCUT2D eigenvalue weighted by Gasteiger charge is -2.23. The van der Waals surface area contributed by atoms with Gasteiger partial charge in [0, 0.05) is 12.0 Å². The van der Waals surface area contributed by atoms with Gasteiger partial charge in [-0.05, 0) is 25.0 Å². The minimum Gasteiger partial charge on any atom is -0.477 e. The van der Waals surface area contributed by atoms with E-state index in [4.69, 9.17) is 0 Å². The van der Waals surface area contributed by atoms with Gasteiger partial charge in [-0.3, -0.25) is 4.79 Å². The predicted molar refractivity (Wildman–Crippen MR) is 67.8 cm³/mol. The summed E-state index contributed by atoms with van der Waals surface area (Å²) in [6, 6.07) is 0. The second-order valence-corrected chi connectivity index (χ2v) is 5.11. The van der Waals surface area contributed by atoms with E-state index >= 15 is 0 Å². The van der Waals surface area contributed by atoms with Crippen molar-refractivity contribution < 1.29 is 29.0 Å². The van der Waals surface area contributed by atoms with Gasteiger partial charge in [-0.15, -0.1) is 5.73 Å². The van der Waals surface area contributed by atoms with Crippen LogP contribution in [0.2, 0.25) is 0 Å². The molecule has 2 aliphatic carbocycles. The Morgan fingerprint density at radius 2 is 2.05 bits per heavy atom. The molecule has 0 aromatic heterocycles. The van der Waals surface area contributed by atoms with Crippen molar-refractivity contribution in [3.8, 4) is 0 Å². The molecule has 3 rings (SSSR count). The van der Waals surface area contributed by atoms with Crippen LogP contribution in [-0.4, -0.2) is 28.8 Å².